The number of nitrogens with zero attached hydrogens (tertiary/aromatic N) is 2. The van der Waals surface area contributed by atoms with Gasteiger partial charge in [-0.2, -0.15) is 5.10 Å². The molecule has 1 aromatic heterocycles. The van der Waals surface area contributed by atoms with Crippen LogP contribution in [0.3, 0.4) is 0 Å². The van der Waals surface area contributed by atoms with Crippen LogP contribution in [0.1, 0.15) is 11.1 Å². The van der Waals surface area contributed by atoms with Crippen molar-refractivity contribution in [2.45, 2.75) is 13.1 Å². The van der Waals surface area contributed by atoms with Crippen LogP contribution in [0.15, 0.2) is 91.3 Å². The van der Waals surface area contributed by atoms with E-state index in [9.17, 15) is 9.18 Å². The Labute approximate surface area is 180 Å². The van der Waals surface area contributed by atoms with Gasteiger partial charge in [0.05, 0.1) is 6.54 Å². The lowest BCUT2D eigenvalue weighted by Crippen LogP contribution is -2.28. The number of ether oxygens (including phenoxy) is 1. The maximum atomic E-state index is 13.2. The number of amides is 1. The first-order valence-electron chi connectivity index (χ1n) is 9.97. The Bertz CT molecular complexity index is 1140. The minimum absolute atomic E-state index is 0.173. The third-order valence-corrected chi connectivity index (χ3v) is 4.83. The van der Waals surface area contributed by atoms with Crippen molar-refractivity contribution >= 4 is 5.91 Å². The number of aromatic nitrogens is 2. The van der Waals surface area contributed by atoms with Gasteiger partial charge in [-0.05, 0) is 40.5 Å². The third kappa shape index (κ3) is 5.57. The van der Waals surface area contributed by atoms with Crippen molar-refractivity contribution in [1.82, 2.24) is 15.1 Å². The van der Waals surface area contributed by atoms with Crippen molar-refractivity contribution in [3.8, 4) is 16.9 Å². The maximum absolute atomic E-state index is 13.2. The maximum Gasteiger partial charge on any atom is 0.258 e. The lowest BCUT2D eigenvalue weighted by molar-refractivity contribution is -0.123. The van der Waals surface area contributed by atoms with Crippen molar-refractivity contribution < 1.29 is 13.9 Å². The number of hydrogen-bond donors (Lipinski definition) is 1. The number of benzene rings is 3. The first-order chi connectivity index (χ1) is 15.2. The van der Waals surface area contributed by atoms with Gasteiger partial charge < -0.3 is 10.1 Å². The first kappa shape index (κ1) is 20.3. The summed E-state index contributed by atoms with van der Waals surface area (Å²) in [6.45, 7) is 0.917. The topological polar surface area (TPSA) is 56.1 Å². The van der Waals surface area contributed by atoms with E-state index in [1.807, 2.05) is 41.2 Å². The van der Waals surface area contributed by atoms with Crippen LogP contribution in [0.25, 0.3) is 11.1 Å². The molecule has 3 aromatic carbocycles. The average Bonchev–Trinajstić information content (AvgIpc) is 3.30. The largest absolute Gasteiger partial charge is 0.484 e. The molecule has 0 spiro atoms. The first-order valence-corrected chi connectivity index (χ1v) is 9.97. The smallest absolute Gasteiger partial charge is 0.258 e. The normalized spacial score (nSPS) is 10.6. The molecule has 4 aromatic rings. The molecule has 0 unspecified atom stereocenters. The van der Waals surface area contributed by atoms with E-state index < -0.39 is 5.82 Å². The van der Waals surface area contributed by atoms with Gasteiger partial charge in [-0.15, -0.1) is 0 Å². The lowest BCUT2D eigenvalue weighted by atomic mass is 9.98. The zero-order chi connectivity index (χ0) is 21.5. The van der Waals surface area contributed by atoms with Crippen molar-refractivity contribution in [2.24, 2.45) is 0 Å². The summed E-state index contributed by atoms with van der Waals surface area (Å²) in [6, 6.07) is 23.9. The molecule has 0 saturated carbocycles. The van der Waals surface area contributed by atoms with Crippen LogP contribution in [0.5, 0.6) is 5.75 Å². The number of rotatable bonds is 8. The summed E-state index contributed by atoms with van der Waals surface area (Å²) < 4.78 is 20.4. The molecule has 0 bridgehead atoms. The van der Waals surface area contributed by atoms with E-state index in [-0.39, 0.29) is 12.5 Å². The third-order valence-electron chi connectivity index (χ3n) is 4.83. The van der Waals surface area contributed by atoms with Gasteiger partial charge in [-0.3, -0.25) is 9.48 Å². The lowest BCUT2D eigenvalue weighted by Gasteiger charge is -2.12. The summed E-state index contributed by atoms with van der Waals surface area (Å²) >= 11 is 0. The van der Waals surface area contributed by atoms with Gasteiger partial charge in [0, 0.05) is 25.0 Å². The molecular formula is C25H22FN3O2. The summed E-state index contributed by atoms with van der Waals surface area (Å²) in [5.41, 5.74) is 4.29. The van der Waals surface area contributed by atoms with E-state index in [0.717, 1.165) is 28.8 Å². The average molecular weight is 415 g/mol. The van der Waals surface area contributed by atoms with Crippen LogP contribution in [0.4, 0.5) is 4.39 Å². The van der Waals surface area contributed by atoms with Gasteiger partial charge in [0.15, 0.2) is 6.61 Å². The highest BCUT2D eigenvalue weighted by atomic mass is 19.1. The Morgan fingerprint density at radius 1 is 1.00 bits per heavy atom. The summed E-state index contributed by atoms with van der Waals surface area (Å²) in [4.78, 5) is 12.2. The van der Waals surface area contributed by atoms with Crippen molar-refractivity contribution in [3.63, 3.8) is 0 Å². The number of halogens is 1. The Hall–Kier alpha value is -3.93. The highest BCUT2D eigenvalue weighted by Crippen LogP contribution is 2.24. The van der Waals surface area contributed by atoms with Gasteiger partial charge >= 0.3 is 0 Å². The summed E-state index contributed by atoms with van der Waals surface area (Å²) in [7, 11) is 0. The summed E-state index contributed by atoms with van der Waals surface area (Å²) in [6.07, 6.45) is 3.70. The van der Waals surface area contributed by atoms with Crippen LogP contribution in [-0.4, -0.2) is 22.3 Å². The predicted octanol–water partition coefficient (Wildman–Crippen LogP) is 4.43. The molecule has 1 amide bonds. The fourth-order valence-corrected chi connectivity index (χ4v) is 3.28. The summed E-state index contributed by atoms with van der Waals surface area (Å²) in [5, 5.41) is 7.10. The van der Waals surface area contributed by atoms with Crippen molar-refractivity contribution in [2.75, 3.05) is 6.61 Å². The van der Waals surface area contributed by atoms with E-state index >= 15 is 0 Å². The van der Waals surface area contributed by atoms with Gasteiger partial charge in [-0.1, -0.05) is 54.6 Å². The molecule has 1 heterocycles. The summed E-state index contributed by atoms with van der Waals surface area (Å²) in [5.74, 6) is -0.345. The van der Waals surface area contributed by atoms with Crippen LogP contribution < -0.4 is 10.1 Å². The van der Waals surface area contributed by atoms with Gasteiger partial charge in [0.25, 0.3) is 5.91 Å². The van der Waals surface area contributed by atoms with Crippen LogP contribution in [0.2, 0.25) is 0 Å². The van der Waals surface area contributed by atoms with Gasteiger partial charge in [-0.25, -0.2) is 4.39 Å². The Kier molecular flexibility index (Phi) is 6.38. The zero-order valence-electron chi connectivity index (χ0n) is 16.9. The van der Waals surface area contributed by atoms with E-state index in [1.165, 1.54) is 12.1 Å². The van der Waals surface area contributed by atoms with E-state index in [2.05, 4.69) is 34.7 Å². The fourth-order valence-electron chi connectivity index (χ4n) is 3.28. The fraction of sp³-hybridized carbons (Fsp3) is 0.120. The minimum Gasteiger partial charge on any atom is -0.484 e. The molecule has 0 aliphatic heterocycles. The van der Waals surface area contributed by atoms with Crippen LogP contribution in [0, 0.1) is 5.82 Å². The second-order valence-corrected chi connectivity index (χ2v) is 7.08. The Morgan fingerprint density at radius 2 is 1.84 bits per heavy atom. The Balaban J connectivity index is 1.37. The second kappa shape index (κ2) is 9.71. The molecule has 0 atom stereocenters. The van der Waals surface area contributed by atoms with Crippen molar-refractivity contribution in [1.29, 1.82) is 0 Å². The van der Waals surface area contributed by atoms with Gasteiger partial charge in [0.2, 0.25) is 0 Å². The molecule has 31 heavy (non-hydrogen) atoms. The second-order valence-electron chi connectivity index (χ2n) is 7.08. The molecule has 6 heteroatoms. The molecule has 0 radical (unpaired) electrons. The number of carbonyl (C=O) groups excluding carboxylic acids is 1. The zero-order valence-corrected chi connectivity index (χ0v) is 16.9. The molecule has 0 fully saturated rings. The highest BCUT2D eigenvalue weighted by molar-refractivity contribution is 5.78. The molecular weight excluding hydrogens is 393 g/mol. The molecule has 5 nitrogen and oxygen atoms in total. The molecule has 0 aliphatic carbocycles. The number of nitrogens with one attached hydrogen (secondary N) is 1. The van der Waals surface area contributed by atoms with E-state index in [1.54, 1.807) is 18.3 Å². The molecule has 0 aliphatic rings. The number of carbonyl (C=O) groups is 1. The van der Waals surface area contributed by atoms with Crippen molar-refractivity contribution in [3.05, 3.63) is 108 Å². The van der Waals surface area contributed by atoms with E-state index in [0.29, 0.717) is 12.3 Å². The van der Waals surface area contributed by atoms with Crippen LogP contribution in [-0.2, 0) is 17.9 Å². The molecule has 4 rings (SSSR count). The quantitative estimate of drug-likeness (QED) is 0.463. The molecule has 0 saturated heterocycles. The predicted molar refractivity (Wildman–Crippen MR) is 117 cm³/mol. The monoisotopic (exact) mass is 415 g/mol. The molecule has 1 N–H and O–H groups in total. The van der Waals surface area contributed by atoms with Crippen LogP contribution >= 0.6 is 0 Å². The van der Waals surface area contributed by atoms with Gasteiger partial charge in [0.1, 0.15) is 11.6 Å². The Morgan fingerprint density at radius 3 is 2.61 bits per heavy atom. The standard InChI is InChI=1S/C25H22FN3O2/c26-22-6-3-7-23(15-22)31-18-25(30)27-16-21-5-1-2-8-24(21)20-11-9-19(10-12-20)17-29-14-4-13-28-29/h1-15H,16-18H2,(H,27,30). The highest BCUT2D eigenvalue weighted by Gasteiger charge is 2.08. The number of hydrogen-bond acceptors (Lipinski definition) is 3. The van der Waals surface area contributed by atoms with E-state index in [4.69, 9.17) is 4.74 Å². The minimum atomic E-state index is -0.400. The SMILES string of the molecule is O=C(COc1cccc(F)c1)NCc1ccccc1-c1ccc(Cn2cccn2)cc1. The molecule has 156 valence electrons.